The Balaban J connectivity index is 2.42. The van der Waals surface area contributed by atoms with Crippen LogP contribution in [0.1, 0.15) is 42.9 Å². The second kappa shape index (κ2) is 5.77. The largest absolute Gasteiger partial charge is 0.494 e. The number of carbonyl (C=O) groups is 1. The number of rotatable bonds is 5. The zero-order chi connectivity index (χ0) is 14.7. The molecule has 1 aromatic carbocycles. The second-order valence-corrected chi connectivity index (χ2v) is 4.75. The minimum absolute atomic E-state index is 0.0579. The molecule has 0 aliphatic rings. The number of carboxylic acids is 1. The molecule has 1 N–H and O–H groups in total. The van der Waals surface area contributed by atoms with Crippen molar-refractivity contribution in [2.45, 2.75) is 26.7 Å². The number of aromatic carboxylic acids is 1. The molecule has 0 saturated heterocycles. The van der Waals surface area contributed by atoms with Gasteiger partial charge in [-0.2, -0.15) is 5.10 Å². The summed E-state index contributed by atoms with van der Waals surface area (Å²) in [7, 11) is 0. The van der Waals surface area contributed by atoms with Gasteiger partial charge in [-0.3, -0.25) is 0 Å². The Bertz CT molecular complexity index is 600. The summed E-state index contributed by atoms with van der Waals surface area (Å²) in [6, 6.07) is 9.06. The molecule has 0 unspecified atom stereocenters. The summed E-state index contributed by atoms with van der Waals surface area (Å²) >= 11 is 0. The standard InChI is InChI=1S/C15H18N2O3/c1-4-20-12-7-5-11(6-8-12)17-14(10(2)3)9-13(16-17)15(18)19/h5-10H,4H2,1-3H3,(H,18,19). The van der Waals surface area contributed by atoms with E-state index in [4.69, 9.17) is 9.84 Å². The first-order valence-corrected chi connectivity index (χ1v) is 6.59. The molecule has 2 aromatic rings. The second-order valence-electron chi connectivity index (χ2n) is 4.75. The van der Waals surface area contributed by atoms with Crippen molar-refractivity contribution in [1.82, 2.24) is 9.78 Å². The molecule has 0 bridgehead atoms. The molecule has 5 nitrogen and oxygen atoms in total. The zero-order valence-electron chi connectivity index (χ0n) is 11.8. The minimum Gasteiger partial charge on any atom is -0.494 e. The number of nitrogens with zero attached hydrogens (tertiary/aromatic N) is 2. The van der Waals surface area contributed by atoms with E-state index in [1.54, 1.807) is 10.7 Å². The highest BCUT2D eigenvalue weighted by Crippen LogP contribution is 2.22. The van der Waals surface area contributed by atoms with Gasteiger partial charge in [0.25, 0.3) is 0 Å². The Morgan fingerprint density at radius 3 is 2.50 bits per heavy atom. The van der Waals surface area contributed by atoms with Crippen LogP contribution >= 0.6 is 0 Å². The Kier molecular flexibility index (Phi) is 4.08. The van der Waals surface area contributed by atoms with Crippen LogP contribution in [-0.2, 0) is 0 Å². The number of aromatic nitrogens is 2. The predicted octanol–water partition coefficient (Wildman–Crippen LogP) is 3.09. The van der Waals surface area contributed by atoms with E-state index in [1.807, 2.05) is 45.0 Å². The average molecular weight is 274 g/mol. The van der Waals surface area contributed by atoms with Gasteiger partial charge in [0, 0.05) is 5.69 Å². The van der Waals surface area contributed by atoms with Gasteiger partial charge in [0.1, 0.15) is 5.75 Å². The van der Waals surface area contributed by atoms with Gasteiger partial charge in [-0.1, -0.05) is 13.8 Å². The van der Waals surface area contributed by atoms with Crippen LogP contribution in [0.25, 0.3) is 5.69 Å². The van der Waals surface area contributed by atoms with E-state index < -0.39 is 5.97 Å². The van der Waals surface area contributed by atoms with Gasteiger partial charge in [-0.25, -0.2) is 9.48 Å². The van der Waals surface area contributed by atoms with Gasteiger partial charge in [0.05, 0.1) is 12.3 Å². The molecule has 1 aromatic heterocycles. The monoisotopic (exact) mass is 274 g/mol. The van der Waals surface area contributed by atoms with E-state index in [2.05, 4.69) is 5.10 Å². The normalized spacial score (nSPS) is 10.8. The third kappa shape index (κ3) is 2.82. The molecular formula is C15H18N2O3. The fourth-order valence-corrected chi connectivity index (χ4v) is 1.97. The topological polar surface area (TPSA) is 64.4 Å². The van der Waals surface area contributed by atoms with Crippen molar-refractivity contribution >= 4 is 5.97 Å². The third-order valence-corrected chi connectivity index (χ3v) is 2.94. The third-order valence-electron chi connectivity index (χ3n) is 2.94. The molecule has 1 heterocycles. The number of benzene rings is 1. The van der Waals surface area contributed by atoms with Crippen LogP contribution in [0.3, 0.4) is 0 Å². The Labute approximate surface area is 117 Å². The highest BCUT2D eigenvalue weighted by molar-refractivity contribution is 5.85. The summed E-state index contributed by atoms with van der Waals surface area (Å²) in [5.41, 5.74) is 1.75. The summed E-state index contributed by atoms with van der Waals surface area (Å²) in [5, 5.41) is 13.2. The predicted molar refractivity (Wildman–Crippen MR) is 75.8 cm³/mol. The quantitative estimate of drug-likeness (QED) is 0.910. The molecule has 106 valence electrons. The van der Waals surface area contributed by atoms with E-state index in [-0.39, 0.29) is 11.6 Å². The van der Waals surface area contributed by atoms with Gasteiger partial charge in [0.15, 0.2) is 5.69 Å². The number of ether oxygens (including phenoxy) is 1. The lowest BCUT2D eigenvalue weighted by Gasteiger charge is -2.10. The van der Waals surface area contributed by atoms with Gasteiger partial charge >= 0.3 is 5.97 Å². The number of carboxylic acid groups (broad SMARTS) is 1. The highest BCUT2D eigenvalue weighted by atomic mass is 16.5. The fourth-order valence-electron chi connectivity index (χ4n) is 1.97. The van der Waals surface area contributed by atoms with E-state index in [0.29, 0.717) is 6.61 Å². The lowest BCUT2D eigenvalue weighted by atomic mass is 10.1. The van der Waals surface area contributed by atoms with Gasteiger partial charge < -0.3 is 9.84 Å². The average Bonchev–Trinajstić information content (AvgIpc) is 2.85. The van der Waals surface area contributed by atoms with Crippen molar-refractivity contribution in [3.05, 3.63) is 41.7 Å². The molecule has 20 heavy (non-hydrogen) atoms. The maximum absolute atomic E-state index is 11.1. The molecule has 0 radical (unpaired) electrons. The molecule has 0 aliphatic heterocycles. The molecule has 0 atom stereocenters. The summed E-state index contributed by atoms with van der Waals surface area (Å²) in [5.74, 6) is -0.0493. The molecule has 0 saturated carbocycles. The van der Waals surface area contributed by atoms with Crippen LogP contribution in [0, 0.1) is 0 Å². The summed E-state index contributed by atoms with van der Waals surface area (Å²) < 4.78 is 7.06. The summed E-state index contributed by atoms with van der Waals surface area (Å²) in [4.78, 5) is 11.1. The van der Waals surface area contributed by atoms with E-state index >= 15 is 0 Å². The molecule has 0 spiro atoms. The van der Waals surface area contributed by atoms with E-state index in [0.717, 1.165) is 17.1 Å². The molecule has 0 amide bonds. The lowest BCUT2D eigenvalue weighted by Crippen LogP contribution is -2.05. The van der Waals surface area contributed by atoms with Crippen molar-refractivity contribution in [2.24, 2.45) is 0 Å². The first-order chi connectivity index (χ1) is 9.52. The van der Waals surface area contributed by atoms with Crippen molar-refractivity contribution in [1.29, 1.82) is 0 Å². The van der Waals surface area contributed by atoms with Crippen molar-refractivity contribution in [3.63, 3.8) is 0 Å². The lowest BCUT2D eigenvalue weighted by molar-refractivity contribution is 0.0690. The maximum atomic E-state index is 11.1. The van der Waals surface area contributed by atoms with Crippen LogP contribution in [0.4, 0.5) is 0 Å². The van der Waals surface area contributed by atoms with Gasteiger partial charge in [0.2, 0.25) is 0 Å². The smallest absolute Gasteiger partial charge is 0.356 e. The van der Waals surface area contributed by atoms with E-state index in [9.17, 15) is 4.79 Å². The molecule has 0 aliphatic carbocycles. The first kappa shape index (κ1) is 14.1. The minimum atomic E-state index is -1.02. The molecule has 5 heteroatoms. The highest BCUT2D eigenvalue weighted by Gasteiger charge is 2.16. The molecule has 0 fully saturated rings. The van der Waals surface area contributed by atoms with Crippen LogP contribution in [0.15, 0.2) is 30.3 Å². The van der Waals surface area contributed by atoms with Crippen LogP contribution in [0.5, 0.6) is 5.75 Å². The Morgan fingerprint density at radius 1 is 1.35 bits per heavy atom. The van der Waals surface area contributed by atoms with Crippen LogP contribution in [0.2, 0.25) is 0 Å². The summed E-state index contributed by atoms with van der Waals surface area (Å²) in [6.45, 7) is 6.56. The number of hydrogen-bond donors (Lipinski definition) is 1. The van der Waals surface area contributed by atoms with Crippen LogP contribution < -0.4 is 4.74 Å². The number of hydrogen-bond acceptors (Lipinski definition) is 3. The maximum Gasteiger partial charge on any atom is 0.356 e. The Hall–Kier alpha value is -2.30. The van der Waals surface area contributed by atoms with Crippen molar-refractivity contribution < 1.29 is 14.6 Å². The van der Waals surface area contributed by atoms with Crippen molar-refractivity contribution in [3.8, 4) is 11.4 Å². The van der Waals surface area contributed by atoms with Gasteiger partial charge in [-0.05, 0) is 43.2 Å². The molecule has 2 rings (SSSR count). The van der Waals surface area contributed by atoms with E-state index in [1.165, 1.54) is 0 Å². The first-order valence-electron chi connectivity index (χ1n) is 6.59. The van der Waals surface area contributed by atoms with Gasteiger partial charge in [-0.15, -0.1) is 0 Å². The molecular weight excluding hydrogens is 256 g/mol. The fraction of sp³-hybridized carbons (Fsp3) is 0.333. The van der Waals surface area contributed by atoms with Crippen molar-refractivity contribution in [2.75, 3.05) is 6.61 Å². The summed E-state index contributed by atoms with van der Waals surface area (Å²) in [6.07, 6.45) is 0. The van der Waals surface area contributed by atoms with Crippen LogP contribution in [-0.4, -0.2) is 27.5 Å². The SMILES string of the molecule is CCOc1ccc(-n2nc(C(=O)O)cc2C(C)C)cc1. The Morgan fingerprint density at radius 2 is 2.00 bits per heavy atom. The zero-order valence-corrected chi connectivity index (χ0v) is 11.8.